The molecule has 0 saturated carbocycles. The van der Waals surface area contributed by atoms with E-state index < -0.39 is 5.91 Å². The number of nitrogens with one attached hydrogen (secondary N) is 1. The van der Waals surface area contributed by atoms with E-state index in [1.807, 2.05) is 30.3 Å². The topological polar surface area (TPSA) is 61.7 Å². The number of benzene rings is 2. The highest BCUT2D eigenvalue weighted by atomic mass is 16.3. The van der Waals surface area contributed by atoms with Crippen molar-refractivity contribution in [3.05, 3.63) is 65.2 Å². The van der Waals surface area contributed by atoms with Crippen LogP contribution in [0.5, 0.6) is 5.75 Å². The molecule has 0 fully saturated rings. The van der Waals surface area contributed by atoms with Crippen molar-refractivity contribution in [1.29, 1.82) is 0 Å². The summed E-state index contributed by atoms with van der Waals surface area (Å²) in [6.07, 6.45) is 5.37. The lowest BCUT2D eigenvalue weighted by molar-refractivity contribution is 0.0952. The molecule has 2 aromatic carbocycles. The fourth-order valence-electron chi connectivity index (χ4n) is 2.64. The van der Waals surface area contributed by atoms with Crippen LogP contribution in [0.1, 0.15) is 60.5 Å². The number of aryl methyl sites for hydroxylation is 1. The van der Waals surface area contributed by atoms with Gasteiger partial charge in [-0.25, -0.2) is 5.43 Å². The number of unbranched alkanes of at least 4 members (excludes halogenated alkanes) is 3. The Morgan fingerprint density at radius 3 is 2.52 bits per heavy atom. The zero-order valence-corrected chi connectivity index (χ0v) is 15.0. The second kappa shape index (κ2) is 9.62. The fourth-order valence-corrected chi connectivity index (χ4v) is 2.64. The Bertz CT molecular complexity index is 724. The number of nitrogens with zero attached hydrogens (tertiary/aromatic N) is 1. The molecule has 0 saturated heterocycles. The largest absolute Gasteiger partial charge is 0.507 e. The van der Waals surface area contributed by atoms with E-state index in [9.17, 15) is 9.90 Å². The summed E-state index contributed by atoms with van der Waals surface area (Å²) in [5, 5.41) is 14.4. The number of para-hydroxylation sites is 1. The van der Waals surface area contributed by atoms with Crippen molar-refractivity contribution in [1.82, 2.24) is 5.43 Å². The molecule has 0 spiro atoms. The maximum Gasteiger partial charge on any atom is 0.275 e. The Balaban J connectivity index is 2.13. The van der Waals surface area contributed by atoms with Gasteiger partial charge >= 0.3 is 0 Å². The van der Waals surface area contributed by atoms with Crippen LogP contribution in [-0.2, 0) is 0 Å². The van der Waals surface area contributed by atoms with Crippen LogP contribution in [0.4, 0.5) is 0 Å². The number of amides is 1. The van der Waals surface area contributed by atoms with Gasteiger partial charge in [0.1, 0.15) is 5.75 Å². The third-order valence-electron chi connectivity index (χ3n) is 4.15. The number of carbonyl (C=O) groups excluding carboxylic acids is 1. The van der Waals surface area contributed by atoms with E-state index in [1.54, 1.807) is 25.1 Å². The molecule has 25 heavy (non-hydrogen) atoms. The number of rotatable bonds is 8. The molecule has 0 bridgehead atoms. The predicted molar refractivity (Wildman–Crippen MR) is 102 cm³/mol. The molecule has 0 aromatic heterocycles. The van der Waals surface area contributed by atoms with Crippen molar-refractivity contribution in [2.24, 2.45) is 5.10 Å². The molecule has 0 aliphatic carbocycles. The minimum Gasteiger partial charge on any atom is -0.507 e. The van der Waals surface area contributed by atoms with E-state index in [1.165, 1.54) is 12.8 Å². The standard InChI is InChI=1S/C21H26N2O2/c1-3-4-5-9-15-19(17-12-7-6-8-13-17)22-23-21(25)18-14-10-11-16(2)20(18)24/h6-8,10-14,24H,3-5,9,15H2,1-2H3,(H,23,25)/b22-19-. The monoisotopic (exact) mass is 338 g/mol. The van der Waals surface area contributed by atoms with Crippen LogP contribution in [0.25, 0.3) is 0 Å². The third-order valence-corrected chi connectivity index (χ3v) is 4.15. The number of hydrogen-bond donors (Lipinski definition) is 2. The number of phenolic OH excluding ortho intramolecular Hbond substituents is 1. The number of aromatic hydroxyl groups is 1. The van der Waals surface area contributed by atoms with Crippen molar-refractivity contribution in [3.63, 3.8) is 0 Å². The van der Waals surface area contributed by atoms with Gasteiger partial charge in [-0.05, 0) is 37.0 Å². The molecule has 0 unspecified atom stereocenters. The van der Waals surface area contributed by atoms with Gasteiger partial charge in [0, 0.05) is 0 Å². The lowest BCUT2D eigenvalue weighted by Gasteiger charge is -2.09. The minimum atomic E-state index is -0.400. The molecular formula is C21H26N2O2. The summed E-state index contributed by atoms with van der Waals surface area (Å²) >= 11 is 0. The molecule has 2 N–H and O–H groups in total. The maximum absolute atomic E-state index is 12.4. The van der Waals surface area contributed by atoms with Crippen LogP contribution < -0.4 is 5.43 Å². The lowest BCUT2D eigenvalue weighted by Crippen LogP contribution is -2.20. The molecule has 4 nitrogen and oxygen atoms in total. The van der Waals surface area contributed by atoms with E-state index in [2.05, 4.69) is 17.5 Å². The van der Waals surface area contributed by atoms with Gasteiger partial charge in [-0.3, -0.25) is 4.79 Å². The van der Waals surface area contributed by atoms with Crippen molar-refractivity contribution < 1.29 is 9.90 Å². The third kappa shape index (κ3) is 5.45. The number of hydrogen-bond acceptors (Lipinski definition) is 3. The zero-order chi connectivity index (χ0) is 18.1. The first kappa shape index (κ1) is 18.7. The average Bonchev–Trinajstić information content (AvgIpc) is 2.64. The van der Waals surface area contributed by atoms with E-state index in [0.29, 0.717) is 5.56 Å². The minimum absolute atomic E-state index is 0.000549. The highest BCUT2D eigenvalue weighted by molar-refractivity contribution is 6.02. The Morgan fingerprint density at radius 2 is 1.80 bits per heavy atom. The molecular weight excluding hydrogens is 312 g/mol. The first-order chi connectivity index (χ1) is 12.1. The first-order valence-electron chi connectivity index (χ1n) is 8.84. The number of phenols is 1. The molecule has 2 aromatic rings. The molecule has 0 heterocycles. The van der Waals surface area contributed by atoms with Crippen molar-refractivity contribution in [2.75, 3.05) is 0 Å². The van der Waals surface area contributed by atoms with Crippen LogP contribution in [-0.4, -0.2) is 16.7 Å². The first-order valence-corrected chi connectivity index (χ1v) is 8.84. The molecule has 4 heteroatoms. The molecule has 1 amide bonds. The van der Waals surface area contributed by atoms with E-state index in [0.717, 1.165) is 30.5 Å². The van der Waals surface area contributed by atoms with Crippen molar-refractivity contribution in [2.45, 2.75) is 46.0 Å². The van der Waals surface area contributed by atoms with Gasteiger partial charge in [-0.1, -0.05) is 68.7 Å². The zero-order valence-electron chi connectivity index (χ0n) is 15.0. The number of carbonyl (C=O) groups is 1. The van der Waals surface area contributed by atoms with Crippen LogP contribution in [0.15, 0.2) is 53.6 Å². The summed E-state index contributed by atoms with van der Waals surface area (Å²) in [4.78, 5) is 12.4. The Kier molecular flexibility index (Phi) is 7.20. The van der Waals surface area contributed by atoms with Crippen LogP contribution in [0.2, 0.25) is 0 Å². The van der Waals surface area contributed by atoms with E-state index in [4.69, 9.17) is 0 Å². The molecule has 0 aliphatic heterocycles. The van der Waals surface area contributed by atoms with Crippen LogP contribution >= 0.6 is 0 Å². The Morgan fingerprint density at radius 1 is 1.04 bits per heavy atom. The van der Waals surface area contributed by atoms with Gasteiger partial charge in [0.05, 0.1) is 11.3 Å². The highest BCUT2D eigenvalue weighted by Crippen LogP contribution is 2.21. The summed E-state index contributed by atoms with van der Waals surface area (Å²) in [6.45, 7) is 3.94. The van der Waals surface area contributed by atoms with Gasteiger partial charge in [-0.15, -0.1) is 0 Å². The quantitative estimate of drug-likeness (QED) is 0.412. The molecule has 0 radical (unpaired) electrons. The molecule has 0 atom stereocenters. The molecule has 132 valence electrons. The smallest absolute Gasteiger partial charge is 0.275 e. The van der Waals surface area contributed by atoms with Crippen molar-refractivity contribution in [3.8, 4) is 5.75 Å². The van der Waals surface area contributed by atoms with Gasteiger partial charge in [0.25, 0.3) is 5.91 Å². The maximum atomic E-state index is 12.4. The average molecular weight is 338 g/mol. The number of hydrazone groups is 1. The van der Waals surface area contributed by atoms with E-state index >= 15 is 0 Å². The van der Waals surface area contributed by atoms with Crippen LogP contribution in [0.3, 0.4) is 0 Å². The summed E-state index contributed by atoms with van der Waals surface area (Å²) in [6, 6.07) is 15.0. The highest BCUT2D eigenvalue weighted by Gasteiger charge is 2.12. The van der Waals surface area contributed by atoms with Gasteiger partial charge < -0.3 is 5.11 Å². The Labute approximate surface area is 149 Å². The second-order valence-electron chi connectivity index (χ2n) is 6.15. The Hall–Kier alpha value is -2.62. The van der Waals surface area contributed by atoms with Crippen LogP contribution in [0, 0.1) is 6.92 Å². The SMILES string of the molecule is CCCCCC/C(=N/NC(=O)c1cccc(C)c1O)c1ccccc1. The van der Waals surface area contributed by atoms with E-state index in [-0.39, 0.29) is 11.3 Å². The van der Waals surface area contributed by atoms with Gasteiger partial charge in [0.15, 0.2) is 0 Å². The predicted octanol–water partition coefficient (Wildman–Crippen LogP) is 4.81. The summed E-state index contributed by atoms with van der Waals surface area (Å²) in [5.74, 6) is -0.400. The lowest BCUT2D eigenvalue weighted by atomic mass is 10.0. The normalized spacial score (nSPS) is 11.4. The summed E-state index contributed by atoms with van der Waals surface area (Å²) in [5.41, 5.74) is 5.37. The summed E-state index contributed by atoms with van der Waals surface area (Å²) < 4.78 is 0. The van der Waals surface area contributed by atoms with Gasteiger partial charge in [-0.2, -0.15) is 5.10 Å². The van der Waals surface area contributed by atoms with Crippen molar-refractivity contribution >= 4 is 11.6 Å². The summed E-state index contributed by atoms with van der Waals surface area (Å²) in [7, 11) is 0. The second-order valence-corrected chi connectivity index (χ2v) is 6.15. The molecule has 0 aliphatic rings. The molecule has 2 rings (SSSR count). The van der Waals surface area contributed by atoms with Gasteiger partial charge in [0.2, 0.25) is 0 Å². The fraction of sp³-hybridized carbons (Fsp3) is 0.333.